The maximum atomic E-state index is 11.8. The Morgan fingerprint density at radius 1 is 0.656 bits per heavy atom. The van der Waals surface area contributed by atoms with Gasteiger partial charge in [0.15, 0.2) is 0 Å². The van der Waals surface area contributed by atoms with E-state index in [1.807, 2.05) is 54.6 Å². The van der Waals surface area contributed by atoms with Crippen molar-refractivity contribution in [2.75, 3.05) is 10.6 Å². The number of nitrogens with one attached hydrogen (secondary N) is 2. The van der Waals surface area contributed by atoms with Crippen LogP contribution in [-0.2, 0) is 0 Å². The lowest BCUT2D eigenvalue weighted by Gasteiger charge is -2.12. The molecule has 0 unspecified atom stereocenters. The molecule has 4 aromatic rings. The molecule has 0 aliphatic rings. The first-order chi connectivity index (χ1) is 15.5. The Morgan fingerprint density at radius 3 is 1.66 bits per heavy atom. The van der Waals surface area contributed by atoms with Gasteiger partial charge in [0, 0.05) is 36.9 Å². The predicted octanol–water partition coefficient (Wildman–Crippen LogP) is 8.33. The second-order valence-corrected chi connectivity index (χ2v) is 8.92. The van der Waals surface area contributed by atoms with E-state index in [0.29, 0.717) is 15.7 Å². The first-order valence-corrected chi connectivity index (χ1v) is 11.2. The number of rotatable bonds is 7. The molecule has 0 bridgehead atoms. The van der Waals surface area contributed by atoms with Crippen molar-refractivity contribution in [3.05, 3.63) is 107 Å². The smallest absolute Gasteiger partial charge is 0.337 e. The largest absolute Gasteiger partial charge is 0.478 e. The van der Waals surface area contributed by atoms with Crippen molar-refractivity contribution in [2.24, 2.45) is 0 Å². The van der Waals surface area contributed by atoms with Gasteiger partial charge in [-0.2, -0.15) is 0 Å². The zero-order chi connectivity index (χ0) is 22.5. The summed E-state index contributed by atoms with van der Waals surface area (Å²) in [5, 5.41) is 17.5. The van der Waals surface area contributed by atoms with Crippen LogP contribution in [0.15, 0.2) is 101 Å². The molecule has 0 aliphatic heterocycles. The van der Waals surface area contributed by atoms with E-state index < -0.39 is 5.97 Å². The van der Waals surface area contributed by atoms with E-state index in [9.17, 15) is 9.90 Å². The highest BCUT2D eigenvalue weighted by atomic mass is 35.5. The quantitative estimate of drug-likeness (QED) is 0.248. The van der Waals surface area contributed by atoms with Crippen LogP contribution in [0.1, 0.15) is 10.4 Å². The summed E-state index contributed by atoms with van der Waals surface area (Å²) in [6.07, 6.45) is 0. The summed E-state index contributed by atoms with van der Waals surface area (Å²) >= 11 is 13.3. The molecule has 0 atom stereocenters. The minimum Gasteiger partial charge on any atom is -0.478 e. The van der Waals surface area contributed by atoms with Crippen LogP contribution in [0.2, 0.25) is 10.0 Å². The van der Waals surface area contributed by atoms with Gasteiger partial charge in [-0.05, 0) is 91.0 Å². The summed E-state index contributed by atoms with van der Waals surface area (Å²) < 4.78 is 0. The van der Waals surface area contributed by atoms with Crippen molar-refractivity contribution in [3.8, 4) is 0 Å². The molecule has 4 rings (SSSR count). The molecule has 0 aromatic heterocycles. The topological polar surface area (TPSA) is 61.4 Å². The van der Waals surface area contributed by atoms with Crippen LogP contribution in [0.25, 0.3) is 0 Å². The van der Waals surface area contributed by atoms with Gasteiger partial charge in [0.1, 0.15) is 0 Å². The number of carboxylic acid groups (broad SMARTS) is 1. The van der Waals surface area contributed by atoms with Crippen molar-refractivity contribution in [1.82, 2.24) is 0 Å². The Labute approximate surface area is 200 Å². The summed E-state index contributed by atoms with van der Waals surface area (Å²) in [6.45, 7) is 0. The van der Waals surface area contributed by atoms with Gasteiger partial charge in [0.05, 0.1) is 11.3 Å². The van der Waals surface area contributed by atoms with Gasteiger partial charge in [-0.3, -0.25) is 0 Å². The molecule has 7 heteroatoms. The lowest BCUT2D eigenvalue weighted by molar-refractivity contribution is 0.0697. The average Bonchev–Trinajstić information content (AvgIpc) is 2.79. The summed E-state index contributed by atoms with van der Waals surface area (Å²) in [5.41, 5.74) is 3.38. The summed E-state index contributed by atoms with van der Waals surface area (Å²) in [4.78, 5) is 13.7. The van der Waals surface area contributed by atoms with E-state index in [0.717, 1.165) is 26.9 Å². The van der Waals surface area contributed by atoms with E-state index in [1.54, 1.807) is 36.4 Å². The molecule has 4 nitrogen and oxygen atoms in total. The molecule has 0 radical (unpaired) electrons. The maximum absolute atomic E-state index is 11.8. The van der Waals surface area contributed by atoms with E-state index in [1.165, 1.54) is 11.8 Å². The second kappa shape index (κ2) is 10.0. The van der Waals surface area contributed by atoms with Crippen LogP contribution in [-0.4, -0.2) is 11.1 Å². The Hall–Kier alpha value is -3.12. The maximum Gasteiger partial charge on any atom is 0.337 e. The molecule has 4 aromatic carbocycles. The standard InChI is InChI=1S/C25H18Cl2N2O2S/c26-16-1-5-18(6-2-16)28-19-9-11-21(12-10-19)32-22-13-14-24(23(15-22)25(30)31)29-20-7-3-17(27)4-8-20/h1-15,28-29H,(H,30,31). The summed E-state index contributed by atoms with van der Waals surface area (Å²) in [7, 11) is 0. The van der Waals surface area contributed by atoms with Gasteiger partial charge in [-0.15, -0.1) is 0 Å². The average molecular weight is 481 g/mol. The molecule has 0 fully saturated rings. The third kappa shape index (κ3) is 5.77. The zero-order valence-corrected chi connectivity index (χ0v) is 19.0. The molecule has 0 saturated heterocycles. The van der Waals surface area contributed by atoms with Gasteiger partial charge in [0.25, 0.3) is 0 Å². The fraction of sp³-hybridized carbons (Fsp3) is 0. The van der Waals surface area contributed by atoms with Crippen LogP contribution in [0.4, 0.5) is 22.7 Å². The van der Waals surface area contributed by atoms with E-state index in [4.69, 9.17) is 23.2 Å². The lowest BCUT2D eigenvalue weighted by Crippen LogP contribution is -2.03. The Balaban J connectivity index is 1.47. The fourth-order valence-electron chi connectivity index (χ4n) is 3.00. The molecule has 0 spiro atoms. The van der Waals surface area contributed by atoms with Gasteiger partial charge in [-0.1, -0.05) is 35.0 Å². The molecule has 3 N–H and O–H groups in total. The highest BCUT2D eigenvalue weighted by molar-refractivity contribution is 7.99. The van der Waals surface area contributed by atoms with Crippen LogP contribution < -0.4 is 10.6 Å². The zero-order valence-electron chi connectivity index (χ0n) is 16.7. The van der Waals surface area contributed by atoms with E-state index >= 15 is 0 Å². The predicted molar refractivity (Wildman–Crippen MR) is 133 cm³/mol. The number of carboxylic acids is 1. The van der Waals surface area contributed by atoms with Crippen molar-refractivity contribution in [1.29, 1.82) is 0 Å². The van der Waals surface area contributed by atoms with E-state index in [2.05, 4.69) is 10.6 Å². The number of halogens is 2. The molecule has 0 aliphatic carbocycles. The molecule has 160 valence electrons. The van der Waals surface area contributed by atoms with Gasteiger partial charge in [0.2, 0.25) is 0 Å². The van der Waals surface area contributed by atoms with Crippen molar-refractivity contribution < 1.29 is 9.90 Å². The van der Waals surface area contributed by atoms with Gasteiger partial charge in [-0.25, -0.2) is 4.79 Å². The lowest BCUT2D eigenvalue weighted by atomic mass is 10.1. The van der Waals surface area contributed by atoms with Crippen LogP contribution in [0.3, 0.4) is 0 Å². The van der Waals surface area contributed by atoms with Gasteiger partial charge < -0.3 is 15.7 Å². The fourth-order valence-corrected chi connectivity index (χ4v) is 4.11. The summed E-state index contributed by atoms with van der Waals surface area (Å²) in [6, 6.07) is 27.9. The number of aromatic carboxylic acids is 1. The SMILES string of the molecule is O=C(O)c1cc(Sc2ccc(Nc3ccc(Cl)cc3)cc2)ccc1Nc1ccc(Cl)cc1. The molecule has 32 heavy (non-hydrogen) atoms. The monoisotopic (exact) mass is 480 g/mol. The van der Waals surface area contributed by atoms with Crippen molar-refractivity contribution in [3.63, 3.8) is 0 Å². The Morgan fingerprint density at radius 2 is 1.12 bits per heavy atom. The molecule has 0 saturated carbocycles. The molecule has 0 amide bonds. The number of hydrogen-bond donors (Lipinski definition) is 3. The Kier molecular flexibility index (Phi) is 6.90. The normalized spacial score (nSPS) is 10.6. The van der Waals surface area contributed by atoms with E-state index in [-0.39, 0.29) is 5.56 Å². The molecular weight excluding hydrogens is 463 g/mol. The highest BCUT2D eigenvalue weighted by Gasteiger charge is 2.12. The van der Waals surface area contributed by atoms with Crippen LogP contribution >= 0.6 is 35.0 Å². The minimum absolute atomic E-state index is 0.200. The number of carbonyl (C=O) groups is 1. The number of benzene rings is 4. The number of hydrogen-bond acceptors (Lipinski definition) is 4. The van der Waals surface area contributed by atoms with Crippen LogP contribution in [0, 0.1) is 0 Å². The first-order valence-electron chi connectivity index (χ1n) is 9.67. The Bertz CT molecular complexity index is 1230. The highest BCUT2D eigenvalue weighted by Crippen LogP contribution is 2.33. The minimum atomic E-state index is -0.994. The van der Waals surface area contributed by atoms with Crippen molar-refractivity contribution >= 4 is 63.7 Å². The molecule has 0 heterocycles. The third-order valence-corrected chi connectivity index (χ3v) is 6.07. The molecular formula is C25H18Cl2N2O2S. The first kappa shape index (κ1) is 22.1. The van der Waals surface area contributed by atoms with Crippen molar-refractivity contribution in [2.45, 2.75) is 9.79 Å². The second-order valence-electron chi connectivity index (χ2n) is 6.90. The third-order valence-electron chi connectivity index (χ3n) is 4.57. The van der Waals surface area contributed by atoms with Gasteiger partial charge >= 0.3 is 5.97 Å². The van der Waals surface area contributed by atoms with Crippen LogP contribution in [0.5, 0.6) is 0 Å². The summed E-state index contributed by atoms with van der Waals surface area (Å²) in [5.74, 6) is -0.994. The number of anilines is 4.